The molecule has 0 spiro atoms. The van der Waals surface area contributed by atoms with E-state index in [0.717, 1.165) is 25.7 Å². The van der Waals surface area contributed by atoms with Gasteiger partial charge >= 0.3 is 0 Å². The van der Waals surface area contributed by atoms with Gasteiger partial charge in [-0.2, -0.15) is 0 Å². The Balaban J connectivity index is 2.56. The maximum atomic E-state index is 9.86. The van der Waals surface area contributed by atoms with E-state index in [2.05, 4.69) is 52.0 Å². The summed E-state index contributed by atoms with van der Waals surface area (Å²) in [5.41, 5.74) is 2.80. The van der Waals surface area contributed by atoms with Crippen LogP contribution >= 0.6 is 0 Å². The number of hydrogen-bond acceptors (Lipinski definition) is 1. The van der Waals surface area contributed by atoms with Crippen molar-refractivity contribution in [3.05, 3.63) is 35.4 Å². The van der Waals surface area contributed by atoms with Crippen LogP contribution in [0, 0.1) is 0 Å². The molecular weight excluding hydrogens is 208 g/mol. The Kier molecular flexibility index (Phi) is 5.20. The minimum atomic E-state index is -0.185. The maximum Gasteiger partial charge on any atom is 0.0580 e. The highest BCUT2D eigenvalue weighted by Gasteiger charge is 2.13. The first kappa shape index (κ1) is 14.2. The van der Waals surface area contributed by atoms with Gasteiger partial charge in [0.1, 0.15) is 0 Å². The second-order valence-electron chi connectivity index (χ2n) is 5.95. The SMILES string of the molecule is CCCCC(O)Cc1ccc(C(C)(C)C)cc1. The van der Waals surface area contributed by atoms with Crippen molar-refractivity contribution in [1.82, 2.24) is 0 Å². The van der Waals surface area contributed by atoms with Crippen molar-refractivity contribution in [2.75, 3.05) is 0 Å². The molecule has 1 rings (SSSR count). The summed E-state index contributed by atoms with van der Waals surface area (Å²) in [6.07, 6.45) is 3.78. The lowest BCUT2D eigenvalue weighted by Gasteiger charge is -2.19. The number of aliphatic hydroxyl groups is 1. The molecule has 0 aliphatic carbocycles. The van der Waals surface area contributed by atoms with Gasteiger partial charge in [-0.25, -0.2) is 0 Å². The third-order valence-corrected chi connectivity index (χ3v) is 3.18. The molecule has 1 nitrogen and oxygen atoms in total. The van der Waals surface area contributed by atoms with E-state index in [0.29, 0.717) is 0 Å². The minimum absolute atomic E-state index is 0.185. The highest BCUT2D eigenvalue weighted by atomic mass is 16.3. The standard InChI is InChI=1S/C16H26O/c1-5-6-7-15(17)12-13-8-10-14(11-9-13)16(2,3)4/h8-11,15,17H,5-7,12H2,1-4H3. The molecule has 0 aliphatic rings. The molecule has 1 unspecified atom stereocenters. The molecule has 0 heterocycles. The molecule has 1 aromatic rings. The molecule has 0 bridgehead atoms. The van der Waals surface area contributed by atoms with Crippen LogP contribution in [0.1, 0.15) is 58.1 Å². The fourth-order valence-corrected chi connectivity index (χ4v) is 1.95. The van der Waals surface area contributed by atoms with E-state index in [-0.39, 0.29) is 11.5 Å². The van der Waals surface area contributed by atoms with Crippen molar-refractivity contribution in [2.24, 2.45) is 0 Å². The van der Waals surface area contributed by atoms with Gasteiger partial charge in [-0.1, -0.05) is 64.8 Å². The molecule has 1 atom stereocenters. The van der Waals surface area contributed by atoms with Crippen LogP contribution in [-0.2, 0) is 11.8 Å². The van der Waals surface area contributed by atoms with E-state index in [9.17, 15) is 5.11 Å². The topological polar surface area (TPSA) is 20.2 Å². The predicted molar refractivity (Wildman–Crippen MR) is 74.4 cm³/mol. The van der Waals surface area contributed by atoms with Crippen LogP contribution in [0.5, 0.6) is 0 Å². The van der Waals surface area contributed by atoms with E-state index in [4.69, 9.17) is 0 Å². The molecular formula is C16H26O. The monoisotopic (exact) mass is 234 g/mol. The Morgan fingerprint density at radius 3 is 2.18 bits per heavy atom. The van der Waals surface area contributed by atoms with Crippen molar-refractivity contribution in [3.63, 3.8) is 0 Å². The summed E-state index contributed by atoms with van der Waals surface area (Å²) >= 11 is 0. The molecule has 17 heavy (non-hydrogen) atoms. The Hall–Kier alpha value is -0.820. The first-order valence-corrected chi connectivity index (χ1v) is 6.71. The lowest BCUT2D eigenvalue weighted by Crippen LogP contribution is -2.12. The maximum absolute atomic E-state index is 9.86. The lowest BCUT2D eigenvalue weighted by molar-refractivity contribution is 0.162. The van der Waals surface area contributed by atoms with Crippen LogP contribution in [-0.4, -0.2) is 11.2 Å². The van der Waals surface area contributed by atoms with Crippen LogP contribution in [0.25, 0.3) is 0 Å². The van der Waals surface area contributed by atoms with E-state index in [1.807, 2.05) is 0 Å². The van der Waals surface area contributed by atoms with Gasteiger partial charge in [0.25, 0.3) is 0 Å². The summed E-state index contributed by atoms with van der Waals surface area (Å²) in [6, 6.07) is 8.66. The zero-order chi connectivity index (χ0) is 12.9. The second kappa shape index (κ2) is 6.20. The molecule has 0 radical (unpaired) electrons. The first-order valence-electron chi connectivity index (χ1n) is 6.71. The van der Waals surface area contributed by atoms with Gasteiger partial charge in [0.15, 0.2) is 0 Å². The predicted octanol–water partition coefficient (Wildman–Crippen LogP) is 4.08. The van der Waals surface area contributed by atoms with Gasteiger partial charge in [0, 0.05) is 0 Å². The Morgan fingerprint density at radius 2 is 1.71 bits per heavy atom. The van der Waals surface area contributed by atoms with E-state index in [1.54, 1.807) is 0 Å². The summed E-state index contributed by atoms with van der Waals surface area (Å²) in [5.74, 6) is 0. The first-order chi connectivity index (χ1) is 7.93. The van der Waals surface area contributed by atoms with Gasteiger partial charge in [-0.3, -0.25) is 0 Å². The zero-order valence-electron chi connectivity index (χ0n) is 11.7. The third kappa shape index (κ3) is 4.91. The minimum Gasteiger partial charge on any atom is -0.393 e. The summed E-state index contributed by atoms with van der Waals surface area (Å²) in [7, 11) is 0. The van der Waals surface area contributed by atoms with Gasteiger partial charge in [0.2, 0.25) is 0 Å². The van der Waals surface area contributed by atoms with E-state index < -0.39 is 0 Å². The quantitative estimate of drug-likeness (QED) is 0.814. The highest BCUT2D eigenvalue weighted by molar-refractivity contribution is 5.27. The Bertz CT molecular complexity index is 318. The van der Waals surface area contributed by atoms with Gasteiger partial charge in [0.05, 0.1) is 6.10 Å². The fourth-order valence-electron chi connectivity index (χ4n) is 1.95. The molecule has 96 valence electrons. The Labute approximate surface area is 106 Å². The van der Waals surface area contributed by atoms with Crippen LogP contribution in [0.3, 0.4) is 0 Å². The van der Waals surface area contributed by atoms with Crippen LogP contribution in [0.15, 0.2) is 24.3 Å². The molecule has 1 N–H and O–H groups in total. The average Bonchev–Trinajstić information content (AvgIpc) is 2.26. The van der Waals surface area contributed by atoms with Crippen molar-refractivity contribution < 1.29 is 5.11 Å². The fraction of sp³-hybridized carbons (Fsp3) is 0.625. The number of aliphatic hydroxyl groups excluding tert-OH is 1. The van der Waals surface area contributed by atoms with E-state index in [1.165, 1.54) is 11.1 Å². The summed E-state index contributed by atoms with van der Waals surface area (Å²) in [4.78, 5) is 0. The number of unbranched alkanes of at least 4 members (excludes halogenated alkanes) is 1. The summed E-state index contributed by atoms with van der Waals surface area (Å²) < 4.78 is 0. The number of hydrogen-bond donors (Lipinski definition) is 1. The smallest absolute Gasteiger partial charge is 0.0580 e. The van der Waals surface area contributed by atoms with Crippen LogP contribution in [0.2, 0.25) is 0 Å². The number of benzene rings is 1. The largest absolute Gasteiger partial charge is 0.393 e. The average molecular weight is 234 g/mol. The molecule has 0 amide bonds. The molecule has 0 aromatic heterocycles. The molecule has 0 saturated carbocycles. The highest BCUT2D eigenvalue weighted by Crippen LogP contribution is 2.22. The van der Waals surface area contributed by atoms with Crippen molar-refractivity contribution in [1.29, 1.82) is 0 Å². The molecule has 1 aromatic carbocycles. The van der Waals surface area contributed by atoms with Gasteiger partial charge in [-0.15, -0.1) is 0 Å². The lowest BCUT2D eigenvalue weighted by atomic mass is 9.86. The molecule has 0 fully saturated rings. The summed E-state index contributed by atoms with van der Waals surface area (Å²) in [6.45, 7) is 8.82. The third-order valence-electron chi connectivity index (χ3n) is 3.18. The normalized spacial score (nSPS) is 13.7. The number of rotatable bonds is 5. The van der Waals surface area contributed by atoms with E-state index >= 15 is 0 Å². The van der Waals surface area contributed by atoms with Gasteiger partial charge in [-0.05, 0) is 29.4 Å². The van der Waals surface area contributed by atoms with Crippen molar-refractivity contribution in [2.45, 2.75) is 64.9 Å². The second-order valence-corrected chi connectivity index (χ2v) is 5.95. The zero-order valence-corrected chi connectivity index (χ0v) is 11.7. The van der Waals surface area contributed by atoms with Gasteiger partial charge < -0.3 is 5.11 Å². The molecule has 0 aliphatic heterocycles. The molecule has 0 saturated heterocycles. The van der Waals surface area contributed by atoms with Crippen LogP contribution < -0.4 is 0 Å². The van der Waals surface area contributed by atoms with Crippen LogP contribution in [0.4, 0.5) is 0 Å². The summed E-state index contributed by atoms with van der Waals surface area (Å²) in [5, 5.41) is 9.86. The molecule has 1 heteroatoms. The van der Waals surface area contributed by atoms with Crippen molar-refractivity contribution >= 4 is 0 Å². The Morgan fingerprint density at radius 1 is 1.12 bits per heavy atom. The van der Waals surface area contributed by atoms with Crippen molar-refractivity contribution in [3.8, 4) is 0 Å².